The lowest BCUT2D eigenvalue weighted by molar-refractivity contribution is -0.118. The molecule has 1 atom stereocenters. The molecule has 0 radical (unpaired) electrons. The number of hydrogen-bond donors (Lipinski definition) is 2. The van der Waals surface area contributed by atoms with E-state index in [4.69, 9.17) is 9.47 Å². The van der Waals surface area contributed by atoms with Gasteiger partial charge in [-0.25, -0.2) is 0 Å². The third kappa shape index (κ3) is 5.90. The van der Waals surface area contributed by atoms with Crippen LogP contribution in [0.4, 0.5) is 5.69 Å². The molecule has 1 saturated heterocycles. The monoisotopic (exact) mass is 349 g/mol. The standard InChI is InChI=1S/C19H31N3O3/c1-4-22(5-2)12-13-25-18-14-15(9-10-17(18)24-3)21-19(23)16-8-6-7-11-20-16/h9-10,14,16,20H,4-8,11-13H2,1-3H3,(H,21,23)/t16-/m1/s1. The number of nitrogens with zero attached hydrogens (tertiary/aromatic N) is 1. The first-order valence-electron chi connectivity index (χ1n) is 9.25. The summed E-state index contributed by atoms with van der Waals surface area (Å²) >= 11 is 0. The molecule has 1 aromatic carbocycles. The third-order valence-electron chi connectivity index (χ3n) is 4.62. The van der Waals surface area contributed by atoms with Crippen LogP contribution >= 0.6 is 0 Å². The van der Waals surface area contributed by atoms with E-state index < -0.39 is 0 Å². The molecule has 6 nitrogen and oxygen atoms in total. The van der Waals surface area contributed by atoms with Gasteiger partial charge in [-0.2, -0.15) is 0 Å². The first-order chi connectivity index (χ1) is 12.2. The molecule has 140 valence electrons. The highest BCUT2D eigenvalue weighted by Gasteiger charge is 2.20. The molecule has 1 aliphatic heterocycles. The molecule has 0 bridgehead atoms. The van der Waals surface area contributed by atoms with E-state index in [1.165, 1.54) is 0 Å². The van der Waals surface area contributed by atoms with Gasteiger partial charge < -0.3 is 25.0 Å². The van der Waals surface area contributed by atoms with Gasteiger partial charge in [0.1, 0.15) is 6.61 Å². The molecule has 1 aliphatic rings. The van der Waals surface area contributed by atoms with Crippen molar-refractivity contribution in [3.05, 3.63) is 18.2 Å². The van der Waals surface area contributed by atoms with Gasteiger partial charge in [0.25, 0.3) is 0 Å². The number of piperidine rings is 1. The summed E-state index contributed by atoms with van der Waals surface area (Å²) in [6.07, 6.45) is 3.11. The van der Waals surface area contributed by atoms with Crippen molar-refractivity contribution in [2.75, 3.05) is 45.2 Å². The maximum Gasteiger partial charge on any atom is 0.241 e. The molecule has 0 spiro atoms. The van der Waals surface area contributed by atoms with E-state index in [1.807, 2.05) is 18.2 Å². The Morgan fingerprint density at radius 2 is 2.08 bits per heavy atom. The second-order valence-corrected chi connectivity index (χ2v) is 6.23. The molecule has 25 heavy (non-hydrogen) atoms. The van der Waals surface area contributed by atoms with Gasteiger partial charge in [-0.15, -0.1) is 0 Å². The van der Waals surface area contributed by atoms with Gasteiger partial charge in [-0.1, -0.05) is 20.3 Å². The fourth-order valence-corrected chi connectivity index (χ4v) is 3.00. The topological polar surface area (TPSA) is 62.8 Å². The molecule has 0 aromatic heterocycles. The van der Waals surface area contributed by atoms with Crippen LogP contribution < -0.4 is 20.1 Å². The number of methoxy groups -OCH3 is 1. The van der Waals surface area contributed by atoms with Gasteiger partial charge in [0.05, 0.1) is 13.2 Å². The van der Waals surface area contributed by atoms with Crippen LogP contribution in [0.1, 0.15) is 33.1 Å². The molecule has 1 heterocycles. The first kappa shape index (κ1) is 19.5. The van der Waals surface area contributed by atoms with Crippen LogP contribution in [-0.2, 0) is 4.79 Å². The summed E-state index contributed by atoms with van der Waals surface area (Å²) in [5, 5.41) is 6.24. The fraction of sp³-hybridized carbons (Fsp3) is 0.632. The number of likely N-dealkylation sites (N-methyl/N-ethyl adjacent to an activating group) is 1. The zero-order valence-corrected chi connectivity index (χ0v) is 15.6. The minimum Gasteiger partial charge on any atom is -0.493 e. The van der Waals surface area contributed by atoms with Crippen LogP contribution in [0.3, 0.4) is 0 Å². The minimum atomic E-state index is -0.108. The van der Waals surface area contributed by atoms with Crippen molar-refractivity contribution in [2.45, 2.75) is 39.2 Å². The second kappa shape index (κ2) is 10.3. The Bertz CT molecular complexity index is 541. The molecular formula is C19H31N3O3. The maximum absolute atomic E-state index is 12.4. The zero-order valence-electron chi connectivity index (χ0n) is 15.6. The van der Waals surface area contributed by atoms with Crippen LogP contribution in [0, 0.1) is 0 Å². The number of carbonyl (C=O) groups excluding carboxylic acids is 1. The van der Waals surface area contributed by atoms with E-state index in [-0.39, 0.29) is 11.9 Å². The molecule has 2 rings (SSSR count). The van der Waals surface area contributed by atoms with Gasteiger partial charge in [0.15, 0.2) is 11.5 Å². The fourth-order valence-electron chi connectivity index (χ4n) is 3.00. The Morgan fingerprint density at radius 1 is 1.28 bits per heavy atom. The second-order valence-electron chi connectivity index (χ2n) is 6.23. The lowest BCUT2D eigenvalue weighted by Gasteiger charge is -2.23. The highest BCUT2D eigenvalue weighted by Crippen LogP contribution is 2.30. The van der Waals surface area contributed by atoms with Gasteiger partial charge >= 0.3 is 0 Å². The number of nitrogens with one attached hydrogen (secondary N) is 2. The van der Waals surface area contributed by atoms with Crippen molar-refractivity contribution in [3.8, 4) is 11.5 Å². The Labute approximate surface area is 150 Å². The SMILES string of the molecule is CCN(CC)CCOc1cc(NC(=O)[C@H]2CCCCN2)ccc1OC. The average molecular weight is 349 g/mol. The predicted molar refractivity (Wildman–Crippen MR) is 101 cm³/mol. The van der Waals surface area contributed by atoms with Crippen LogP contribution in [0.15, 0.2) is 18.2 Å². The zero-order chi connectivity index (χ0) is 18.1. The van der Waals surface area contributed by atoms with E-state index in [1.54, 1.807) is 7.11 Å². The highest BCUT2D eigenvalue weighted by molar-refractivity contribution is 5.95. The van der Waals surface area contributed by atoms with Crippen LogP contribution in [0.5, 0.6) is 11.5 Å². The van der Waals surface area contributed by atoms with Crippen molar-refractivity contribution in [1.82, 2.24) is 10.2 Å². The highest BCUT2D eigenvalue weighted by atomic mass is 16.5. The summed E-state index contributed by atoms with van der Waals surface area (Å²) in [5.74, 6) is 1.34. The van der Waals surface area contributed by atoms with Crippen LogP contribution in [0.2, 0.25) is 0 Å². The molecule has 2 N–H and O–H groups in total. The molecule has 0 unspecified atom stereocenters. The van der Waals surface area contributed by atoms with Gasteiger partial charge in [0.2, 0.25) is 5.91 Å². The van der Waals surface area contributed by atoms with E-state index in [2.05, 4.69) is 29.4 Å². The molecule has 0 saturated carbocycles. The maximum atomic E-state index is 12.4. The Hall–Kier alpha value is -1.79. The summed E-state index contributed by atoms with van der Waals surface area (Å²) < 4.78 is 11.3. The Kier molecular flexibility index (Phi) is 8.01. The smallest absolute Gasteiger partial charge is 0.241 e. The number of ether oxygens (including phenoxy) is 2. The van der Waals surface area contributed by atoms with Crippen molar-refractivity contribution >= 4 is 11.6 Å². The minimum absolute atomic E-state index is 0.0129. The molecule has 1 aromatic rings. The summed E-state index contributed by atoms with van der Waals surface area (Å²) in [6.45, 7) is 8.63. The van der Waals surface area contributed by atoms with Crippen molar-refractivity contribution in [3.63, 3.8) is 0 Å². The van der Waals surface area contributed by atoms with Crippen molar-refractivity contribution < 1.29 is 14.3 Å². The van der Waals surface area contributed by atoms with E-state index >= 15 is 0 Å². The number of benzene rings is 1. The lowest BCUT2D eigenvalue weighted by Crippen LogP contribution is -2.43. The number of amides is 1. The molecular weight excluding hydrogens is 318 g/mol. The number of hydrogen-bond acceptors (Lipinski definition) is 5. The van der Waals surface area contributed by atoms with Gasteiger partial charge in [-0.3, -0.25) is 4.79 Å². The van der Waals surface area contributed by atoms with Crippen LogP contribution in [-0.4, -0.2) is 56.7 Å². The summed E-state index contributed by atoms with van der Waals surface area (Å²) in [4.78, 5) is 14.7. The lowest BCUT2D eigenvalue weighted by atomic mass is 10.0. The van der Waals surface area contributed by atoms with E-state index in [0.29, 0.717) is 18.1 Å². The summed E-state index contributed by atoms with van der Waals surface area (Å²) in [6, 6.07) is 5.40. The molecule has 1 amide bonds. The Balaban J connectivity index is 1.96. The molecule has 1 fully saturated rings. The largest absolute Gasteiger partial charge is 0.493 e. The number of anilines is 1. The molecule has 6 heteroatoms. The first-order valence-corrected chi connectivity index (χ1v) is 9.25. The normalized spacial score (nSPS) is 17.4. The van der Waals surface area contributed by atoms with Gasteiger partial charge in [-0.05, 0) is 44.6 Å². The van der Waals surface area contributed by atoms with E-state index in [0.717, 1.165) is 51.1 Å². The third-order valence-corrected chi connectivity index (χ3v) is 4.62. The van der Waals surface area contributed by atoms with Crippen molar-refractivity contribution in [2.24, 2.45) is 0 Å². The summed E-state index contributed by atoms with van der Waals surface area (Å²) in [5.41, 5.74) is 0.732. The number of rotatable bonds is 9. The van der Waals surface area contributed by atoms with E-state index in [9.17, 15) is 4.79 Å². The molecule has 0 aliphatic carbocycles. The average Bonchev–Trinajstić information content (AvgIpc) is 2.66. The van der Waals surface area contributed by atoms with Crippen LogP contribution in [0.25, 0.3) is 0 Å². The predicted octanol–water partition coefficient (Wildman–Crippen LogP) is 2.50. The number of carbonyl (C=O) groups is 1. The Morgan fingerprint density at radius 3 is 2.72 bits per heavy atom. The summed E-state index contributed by atoms with van der Waals surface area (Å²) in [7, 11) is 1.62. The quantitative estimate of drug-likeness (QED) is 0.717. The van der Waals surface area contributed by atoms with Crippen molar-refractivity contribution in [1.29, 1.82) is 0 Å². The van der Waals surface area contributed by atoms with Gasteiger partial charge in [0, 0.05) is 18.3 Å².